The molecule has 1 aliphatic carbocycles. The van der Waals surface area contributed by atoms with E-state index in [9.17, 15) is 0 Å². The summed E-state index contributed by atoms with van der Waals surface area (Å²) in [5.41, 5.74) is 10.4. The smallest absolute Gasteiger partial charge is 0.0324 e. The second-order valence-corrected chi connectivity index (χ2v) is 18.4. The van der Waals surface area contributed by atoms with E-state index in [1.165, 1.54) is 109 Å². The van der Waals surface area contributed by atoms with Crippen molar-refractivity contribution in [3.8, 4) is 33.4 Å². The summed E-state index contributed by atoms with van der Waals surface area (Å²) in [6.07, 6.45) is 0. The Bertz CT molecular complexity index is 3240. The summed E-state index contributed by atoms with van der Waals surface area (Å²) in [4.78, 5) is 0. The lowest BCUT2D eigenvalue weighted by Gasteiger charge is -2.54. The van der Waals surface area contributed by atoms with Crippen LogP contribution in [0.3, 0.4) is 0 Å². The monoisotopic (exact) mass is 730 g/mol. The fraction of sp³-hybridized carbons (Fsp3) is 0.158. The van der Waals surface area contributed by atoms with Gasteiger partial charge in [0.15, 0.2) is 0 Å². The molecular formula is C57H46. The minimum atomic E-state index is -0.282. The molecule has 0 heterocycles. The molecule has 0 atom stereocenters. The Balaban J connectivity index is 1.22. The van der Waals surface area contributed by atoms with Crippen molar-refractivity contribution in [2.24, 2.45) is 10.8 Å². The highest BCUT2D eigenvalue weighted by Gasteiger charge is 2.59. The SMILES string of the molecule is CC(C)(C)C1(C(C)(C)C)c2c(ccc3cc(-c4c5ccccc5c(-c5ccc6ccccc6c5)c5ccccc45)ccc23)-c2c1c1ccccc1c1ccccc21. The first-order chi connectivity index (χ1) is 27.6. The first kappa shape index (κ1) is 34.0. The van der Waals surface area contributed by atoms with Crippen LogP contribution in [-0.2, 0) is 5.41 Å². The molecule has 0 saturated heterocycles. The Morgan fingerprint density at radius 3 is 1.25 bits per heavy atom. The first-order valence-corrected chi connectivity index (χ1v) is 20.5. The van der Waals surface area contributed by atoms with Crippen molar-refractivity contribution in [2.45, 2.75) is 47.0 Å². The van der Waals surface area contributed by atoms with Gasteiger partial charge in [0.1, 0.15) is 0 Å². The second kappa shape index (κ2) is 11.9. The average Bonchev–Trinajstić information content (AvgIpc) is 3.57. The molecule has 0 radical (unpaired) electrons. The van der Waals surface area contributed by atoms with Gasteiger partial charge in [0.2, 0.25) is 0 Å². The second-order valence-electron chi connectivity index (χ2n) is 18.4. The third kappa shape index (κ3) is 4.56. The Hall–Kier alpha value is -6.24. The van der Waals surface area contributed by atoms with Crippen molar-refractivity contribution in [3.05, 3.63) is 181 Å². The molecule has 11 rings (SSSR count). The minimum absolute atomic E-state index is 0.103. The summed E-state index contributed by atoms with van der Waals surface area (Å²) in [6, 6.07) is 64.2. The van der Waals surface area contributed by atoms with E-state index in [1.807, 2.05) is 0 Å². The van der Waals surface area contributed by atoms with Crippen molar-refractivity contribution >= 4 is 64.6 Å². The van der Waals surface area contributed by atoms with Gasteiger partial charge >= 0.3 is 0 Å². The molecule has 10 aromatic carbocycles. The molecular weight excluding hydrogens is 685 g/mol. The number of rotatable bonds is 2. The van der Waals surface area contributed by atoms with Gasteiger partial charge in [-0.25, -0.2) is 0 Å². The largest absolute Gasteiger partial charge is 0.0616 e. The first-order valence-electron chi connectivity index (χ1n) is 20.5. The molecule has 57 heavy (non-hydrogen) atoms. The van der Waals surface area contributed by atoms with E-state index in [2.05, 4.69) is 211 Å². The quantitative estimate of drug-likeness (QED) is 0.123. The van der Waals surface area contributed by atoms with Gasteiger partial charge in [0, 0.05) is 5.41 Å². The standard InChI is InChI=1S/C57H46/c1-55(2,3)57(56(4,5)6)53-40-31-30-39(34-37(40)29-32-49(53)52-43-21-11-9-19-41(43)42-20-10-16-26-48(42)54(52)57)51-46-24-14-12-22-44(46)50(45-23-13-15-25-47(45)51)38-28-27-35-17-7-8-18-36(35)33-38/h7-34H,1-6H3. The molecule has 0 heteroatoms. The van der Waals surface area contributed by atoms with Crippen molar-refractivity contribution in [3.63, 3.8) is 0 Å². The van der Waals surface area contributed by atoms with E-state index in [1.54, 1.807) is 0 Å². The van der Waals surface area contributed by atoms with Crippen LogP contribution in [0.25, 0.3) is 98.0 Å². The van der Waals surface area contributed by atoms with Crippen molar-refractivity contribution < 1.29 is 0 Å². The zero-order valence-corrected chi connectivity index (χ0v) is 33.7. The van der Waals surface area contributed by atoms with Gasteiger partial charge in [-0.2, -0.15) is 0 Å². The van der Waals surface area contributed by atoms with E-state index in [-0.39, 0.29) is 16.2 Å². The van der Waals surface area contributed by atoms with Crippen LogP contribution >= 0.6 is 0 Å². The predicted molar refractivity (Wildman–Crippen MR) is 247 cm³/mol. The molecule has 0 amide bonds. The Morgan fingerprint density at radius 1 is 0.298 bits per heavy atom. The average molecular weight is 731 g/mol. The van der Waals surface area contributed by atoms with Crippen LogP contribution in [-0.4, -0.2) is 0 Å². The molecule has 0 aliphatic heterocycles. The molecule has 0 spiro atoms. The lowest BCUT2D eigenvalue weighted by Crippen LogP contribution is -2.50. The number of hydrogen-bond donors (Lipinski definition) is 0. The maximum Gasteiger partial charge on any atom is 0.0324 e. The van der Waals surface area contributed by atoms with E-state index in [0.29, 0.717) is 0 Å². The van der Waals surface area contributed by atoms with Gasteiger partial charge in [-0.1, -0.05) is 199 Å². The zero-order valence-electron chi connectivity index (χ0n) is 33.7. The van der Waals surface area contributed by atoms with Crippen LogP contribution in [0.1, 0.15) is 52.7 Å². The van der Waals surface area contributed by atoms with Crippen molar-refractivity contribution in [1.29, 1.82) is 0 Å². The van der Waals surface area contributed by atoms with Gasteiger partial charge in [0.25, 0.3) is 0 Å². The van der Waals surface area contributed by atoms with Crippen LogP contribution < -0.4 is 0 Å². The van der Waals surface area contributed by atoms with Gasteiger partial charge in [-0.15, -0.1) is 0 Å². The summed E-state index contributed by atoms with van der Waals surface area (Å²) in [7, 11) is 0. The summed E-state index contributed by atoms with van der Waals surface area (Å²) in [6.45, 7) is 14.9. The number of hydrogen-bond acceptors (Lipinski definition) is 0. The normalized spacial score (nSPS) is 13.9. The third-order valence-corrected chi connectivity index (χ3v) is 13.5. The third-order valence-electron chi connectivity index (χ3n) is 13.5. The molecule has 1 aliphatic rings. The van der Waals surface area contributed by atoms with Gasteiger partial charge in [0.05, 0.1) is 0 Å². The van der Waals surface area contributed by atoms with Crippen LogP contribution in [0.5, 0.6) is 0 Å². The maximum absolute atomic E-state index is 2.48. The fourth-order valence-corrected chi connectivity index (χ4v) is 11.8. The highest BCUT2D eigenvalue weighted by atomic mass is 14.6. The molecule has 10 aromatic rings. The number of fused-ring (bicyclic) bond motifs is 13. The molecule has 0 bridgehead atoms. The van der Waals surface area contributed by atoms with E-state index >= 15 is 0 Å². The Kier molecular flexibility index (Phi) is 7.10. The van der Waals surface area contributed by atoms with Crippen LogP contribution in [0, 0.1) is 10.8 Å². The van der Waals surface area contributed by atoms with Gasteiger partial charge < -0.3 is 0 Å². The van der Waals surface area contributed by atoms with Crippen molar-refractivity contribution in [2.75, 3.05) is 0 Å². The van der Waals surface area contributed by atoms with Gasteiger partial charge in [-0.05, 0) is 132 Å². The molecule has 0 N–H and O–H groups in total. The van der Waals surface area contributed by atoms with Crippen molar-refractivity contribution in [1.82, 2.24) is 0 Å². The topological polar surface area (TPSA) is 0 Å². The zero-order chi connectivity index (χ0) is 38.8. The molecule has 0 fully saturated rings. The van der Waals surface area contributed by atoms with E-state index in [0.717, 1.165) is 0 Å². The minimum Gasteiger partial charge on any atom is -0.0616 e. The summed E-state index contributed by atoms with van der Waals surface area (Å²) in [5.74, 6) is 0. The maximum atomic E-state index is 2.48. The fourth-order valence-electron chi connectivity index (χ4n) is 11.8. The predicted octanol–water partition coefficient (Wildman–Crippen LogP) is 16.3. The summed E-state index contributed by atoms with van der Waals surface area (Å²) in [5, 5.41) is 15.7. The highest BCUT2D eigenvalue weighted by molar-refractivity contribution is 6.23. The lowest BCUT2D eigenvalue weighted by molar-refractivity contribution is 0.0977. The summed E-state index contributed by atoms with van der Waals surface area (Å²) < 4.78 is 0. The summed E-state index contributed by atoms with van der Waals surface area (Å²) >= 11 is 0. The lowest BCUT2D eigenvalue weighted by atomic mass is 9.49. The number of benzene rings is 10. The van der Waals surface area contributed by atoms with E-state index in [4.69, 9.17) is 0 Å². The van der Waals surface area contributed by atoms with Gasteiger partial charge in [-0.3, -0.25) is 0 Å². The van der Waals surface area contributed by atoms with Crippen LogP contribution in [0.2, 0.25) is 0 Å². The van der Waals surface area contributed by atoms with Crippen LogP contribution in [0.4, 0.5) is 0 Å². The Labute approximate surface area is 335 Å². The Morgan fingerprint density at radius 2 is 0.702 bits per heavy atom. The van der Waals surface area contributed by atoms with E-state index < -0.39 is 0 Å². The molecule has 274 valence electrons. The van der Waals surface area contributed by atoms with Crippen LogP contribution in [0.15, 0.2) is 170 Å². The highest BCUT2D eigenvalue weighted by Crippen LogP contribution is 2.68. The molecule has 0 aromatic heterocycles. The molecule has 0 saturated carbocycles. The molecule has 0 unspecified atom stereocenters. The molecule has 0 nitrogen and oxygen atoms in total.